The minimum Gasteiger partial charge on any atom is -0.465 e. The van der Waals surface area contributed by atoms with Gasteiger partial charge in [0.25, 0.3) is 0 Å². The maximum Gasteiger partial charge on any atom is 0.350 e. The van der Waals surface area contributed by atoms with E-state index < -0.39 is 5.97 Å². The Morgan fingerprint density at radius 2 is 2.25 bits per heavy atom. The quantitative estimate of drug-likeness (QED) is 0.834. The molecule has 1 aromatic rings. The van der Waals surface area contributed by atoms with Crippen molar-refractivity contribution >= 4 is 28.9 Å². The number of rotatable bonds is 4. The maximum atomic E-state index is 12.4. The van der Waals surface area contributed by atoms with Gasteiger partial charge in [-0.1, -0.05) is 6.42 Å². The van der Waals surface area contributed by atoms with Crippen molar-refractivity contribution in [2.75, 3.05) is 19.0 Å². The Kier molecular flexibility index (Phi) is 4.77. The zero-order valence-corrected chi connectivity index (χ0v) is 12.6. The highest BCUT2D eigenvalue weighted by atomic mass is 32.1. The second kappa shape index (κ2) is 6.37. The Labute approximate surface area is 122 Å². The topological polar surface area (TPSA) is 81.4 Å². The van der Waals surface area contributed by atoms with Gasteiger partial charge in [-0.05, 0) is 43.2 Å². The summed E-state index contributed by atoms with van der Waals surface area (Å²) < 4.78 is 4.74. The number of ether oxygens (including phenoxy) is 1. The van der Waals surface area contributed by atoms with Gasteiger partial charge in [-0.15, -0.1) is 11.3 Å². The van der Waals surface area contributed by atoms with Crippen molar-refractivity contribution < 1.29 is 14.3 Å². The van der Waals surface area contributed by atoms with Gasteiger partial charge < -0.3 is 15.8 Å². The first-order valence-electron chi connectivity index (χ1n) is 6.75. The third-order valence-electron chi connectivity index (χ3n) is 3.89. The van der Waals surface area contributed by atoms with E-state index in [1.807, 2.05) is 12.3 Å². The Hall–Kier alpha value is -1.40. The minimum absolute atomic E-state index is 0.0374. The molecule has 1 aromatic heterocycles. The fraction of sp³-hybridized carbons (Fsp3) is 0.571. The van der Waals surface area contributed by atoms with Crippen LogP contribution in [0, 0.1) is 18.8 Å². The van der Waals surface area contributed by atoms with Crippen molar-refractivity contribution in [1.29, 1.82) is 0 Å². The number of methoxy groups -OCH3 is 1. The first-order valence-corrected chi connectivity index (χ1v) is 7.63. The van der Waals surface area contributed by atoms with Crippen LogP contribution in [0.25, 0.3) is 0 Å². The summed E-state index contributed by atoms with van der Waals surface area (Å²) in [6.45, 7) is 2.40. The highest BCUT2D eigenvalue weighted by Gasteiger charge is 2.33. The molecule has 2 rings (SSSR count). The van der Waals surface area contributed by atoms with Crippen LogP contribution in [0.15, 0.2) is 5.38 Å². The van der Waals surface area contributed by atoms with Crippen molar-refractivity contribution in [2.24, 2.45) is 17.6 Å². The predicted molar refractivity (Wildman–Crippen MR) is 78.9 cm³/mol. The number of nitrogens with one attached hydrogen (secondary N) is 1. The smallest absolute Gasteiger partial charge is 0.350 e. The molecule has 0 radical (unpaired) electrons. The van der Waals surface area contributed by atoms with Gasteiger partial charge in [-0.25, -0.2) is 4.79 Å². The maximum absolute atomic E-state index is 12.4. The van der Waals surface area contributed by atoms with Gasteiger partial charge in [0.05, 0.1) is 12.8 Å². The second-order valence-electron chi connectivity index (χ2n) is 5.14. The van der Waals surface area contributed by atoms with E-state index in [9.17, 15) is 9.59 Å². The molecule has 20 heavy (non-hydrogen) atoms. The molecule has 5 nitrogen and oxygen atoms in total. The van der Waals surface area contributed by atoms with Crippen LogP contribution >= 0.6 is 11.3 Å². The number of anilines is 1. The van der Waals surface area contributed by atoms with Crippen LogP contribution in [-0.4, -0.2) is 25.5 Å². The summed E-state index contributed by atoms with van der Waals surface area (Å²) in [5, 5.41) is 4.74. The molecule has 0 spiro atoms. The number of hydrogen-bond donors (Lipinski definition) is 2. The van der Waals surface area contributed by atoms with Crippen LogP contribution in [0.4, 0.5) is 5.69 Å². The molecule has 2 unspecified atom stereocenters. The average Bonchev–Trinajstić information content (AvgIpc) is 3.05. The Morgan fingerprint density at radius 3 is 2.90 bits per heavy atom. The molecule has 0 aromatic carbocycles. The molecule has 1 fully saturated rings. The van der Waals surface area contributed by atoms with E-state index in [0.717, 1.165) is 24.8 Å². The number of aryl methyl sites for hydroxylation is 1. The van der Waals surface area contributed by atoms with E-state index in [1.165, 1.54) is 18.4 Å². The molecule has 1 aliphatic rings. The lowest BCUT2D eigenvalue weighted by Crippen LogP contribution is -2.30. The Morgan fingerprint density at radius 1 is 1.50 bits per heavy atom. The van der Waals surface area contributed by atoms with Crippen LogP contribution in [0.1, 0.15) is 34.5 Å². The van der Waals surface area contributed by atoms with Gasteiger partial charge in [0, 0.05) is 5.92 Å². The molecule has 0 bridgehead atoms. The number of carbonyl (C=O) groups excluding carboxylic acids is 2. The summed E-state index contributed by atoms with van der Waals surface area (Å²) in [5.41, 5.74) is 7.17. The fourth-order valence-corrected chi connectivity index (χ4v) is 3.64. The van der Waals surface area contributed by atoms with Crippen LogP contribution < -0.4 is 11.1 Å². The Bertz CT molecular complexity index is 513. The van der Waals surface area contributed by atoms with Crippen LogP contribution in [0.2, 0.25) is 0 Å². The van der Waals surface area contributed by atoms with Crippen molar-refractivity contribution in [2.45, 2.75) is 26.2 Å². The SMILES string of the molecule is COC(=O)c1scc(C)c1NC(=O)C1CCCC1CN. The van der Waals surface area contributed by atoms with E-state index in [2.05, 4.69) is 5.32 Å². The highest BCUT2D eigenvalue weighted by Crippen LogP contribution is 2.34. The molecule has 3 N–H and O–H groups in total. The van der Waals surface area contributed by atoms with E-state index in [0.29, 0.717) is 17.1 Å². The highest BCUT2D eigenvalue weighted by molar-refractivity contribution is 7.12. The standard InChI is InChI=1S/C14H20N2O3S/c1-8-7-20-12(14(18)19-2)11(8)16-13(17)10-5-3-4-9(10)6-15/h7,9-10H,3-6,15H2,1-2H3,(H,16,17). The largest absolute Gasteiger partial charge is 0.465 e. The molecule has 1 saturated carbocycles. The Balaban J connectivity index is 2.15. The summed E-state index contributed by atoms with van der Waals surface area (Å²) in [6.07, 6.45) is 2.90. The molecule has 2 atom stereocenters. The van der Waals surface area contributed by atoms with Gasteiger partial charge in [0.2, 0.25) is 5.91 Å². The van der Waals surface area contributed by atoms with Gasteiger partial charge in [-0.2, -0.15) is 0 Å². The second-order valence-corrected chi connectivity index (χ2v) is 6.02. The van der Waals surface area contributed by atoms with Crippen LogP contribution in [-0.2, 0) is 9.53 Å². The number of nitrogens with two attached hydrogens (primary N) is 1. The zero-order valence-electron chi connectivity index (χ0n) is 11.8. The van der Waals surface area contributed by atoms with E-state index in [-0.39, 0.29) is 17.7 Å². The van der Waals surface area contributed by atoms with Gasteiger partial charge in [0.15, 0.2) is 0 Å². The molecule has 1 heterocycles. The molecule has 110 valence electrons. The molecule has 6 heteroatoms. The summed E-state index contributed by atoms with van der Waals surface area (Å²) in [4.78, 5) is 24.5. The lowest BCUT2D eigenvalue weighted by atomic mass is 9.95. The van der Waals surface area contributed by atoms with Gasteiger partial charge in [-0.3, -0.25) is 4.79 Å². The monoisotopic (exact) mass is 296 g/mol. The van der Waals surface area contributed by atoms with E-state index in [4.69, 9.17) is 10.5 Å². The van der Waals surface area contributed by atoms with E-state index in [1.54, 1.807) is 0 Å². The first-order chi connectivity index (χ1) is 9.58. The first kappa shape index (κ1) is 15.0. The van der Waals surface area contributed by atoms with Crippen molar-refractivity contribution in [1.82, 2.24) is 0 Å². The molecule has 0 saturated heterocycles. The van der Waals surface area contributed by atoms with Crippen molar-refractivity contribution in [3.63, 3.8) is 0 Å². The zero-order chi connectivity index (χ0) is 14.7. The number of carbonyl (C=O) groups is 2. The third kappa shape index (κ3) is 2.86. The van der Waals surface area contributed by atoms with Gasteiger partial charge in [0.1, 0.15) is 4.88 Å². The van der Waals surface area contributed by atoms with Crippen LogP contribution in [0.5, 0.6) is 0 Å². The summed E-state index contributed by atoms with van der Waals surface area (Å²) in [7, 11) is 1.34. The number of esters is 1. The lowest BCUT2D eigenvalue weighted by Gasteiger charge is -2.17. The molecular formula is C14H20N2O3S. The number of amides is 1. The summed E-state index contributed by atoms with van der Waals surface area (Å²) in [6, 6.07) is 0. The van der Waals surface area contributed by atoms with E-state index >= 15 is 0 Å². The minimum atomic E-state index is -0.416. The average molecular weight is 296 g/mol. The summed E-state index contributed by atoms with van der Waals surface area (Å²) in [5.74, 6) is -0.259. The van der Waals surface area contributed by atoms with Crippen LogP contribution in [0.3, 0.4) is 0 Å². The fourth-order valence-electron chi connectivity index (χ4n) is 2.72. The number of hydrogen-bond acceptors (Lipinski definition) is 5. The predicted octanol–water partition coefficient (Wildman–Crippen LogP) is 2.16. The van der Waals surface area contributed by atoms with Crippen molar-refractivity contribution in [3.05, 3.63) is 15.8 Å². The van der Waals surface area contributed by atoms with Gasteiger partial charge >= 0.3 is 5.97 Å². The molecular weight excluding hydrogens is 276 g/mol. The third-order valence-corrected chi connectivity index (χ3v) is 4.97. The molecule has 0 aliphatic heterocycles. The molecule has 1 amide bonds. The molecule has 1 aliphatic carbocycles. The lowest BCUT2D eigenvalue weighted by molar-refractivity contribution is -0.120. The van der Waals surface area contributed by atoms with Crippen molar-refractivity contribution in [3.8, 4) is 0 Å². The number of thiophene rings is 1. The summed E-state index contributed by atoms with van der Waals surface area (Å²) >= 11 is 1.29. The normalized spacial score (nSPS) is 21.8.